The van der Waals surface area contributed by atoms with Crippen LogP contribution < -0.4 is 4.74 Å². The molecule has 1 aromatic carbocycles. The van der Waals surface area contributed by atoms with Gasteiger partial charge in [-0.2, -0.15) is 0 Å². The molecule has 1 aliphatic rings. The molecule has 146 valence electrons. The molecule has 1 fully saturated rings. The van der Waals surface area contributed by atoms with E-state index in [1.165, 1.54) is 16.7 Å². The van der Waals surface area contributed by atoms with Gasteiger partial charge in [-0.15, -0.1) is 0 Å². The van der Waals surface area contributed by atoms with Gasteiger partial charge < -0.3 is 9.15 Å². The van der Waals surface area contributed by atoms with Crippen LogP contribution >= 0.6 is 24.0 Å². The summed E-state index contributed by atoms with van der Waals surface area (Å²) in [5.74, 6) is -0.246. The van der Waals surface area contributed by atoms with Gasteiger partial charge in [0.15, 0.2) is 5.75 Å². The highest BCUT2D eigenvalue weighted by molar-refractivity contribution is 8.26. The summed E-state index contributed by atoms with van der Waals surface area (Å²) in [4.78, 5) is 24.7. The number of carbonyl (C=O) groups is 1. The van der Waals surface area contributed by atoms with Crippen molar-refractivity contribution in [2.24, 2.45) is 0 Å². The number of ether oxygens (including phenoxy) is 1. The summed E-state index contributed by atoms with van der Waals surface area (Å²) >= 11 is 6.41. The monoisotopic (exact) mass is 422 g/mol. The van der Waals surface area contributed by atoms with E-state index >= 15 is 0 Å². The van der Waals surface area contributed by atoms with E-state index in [-0.39, 0.29) is 30.0 Å². The maximum Gasteiger partial charge on any atom is 0.311 e. The lowest BCUT2D eigenvalue weighted by molar-refractivity contribution is -0.386. The minimum absolute atomic E-state index is 0.0407. The number of hydrogen-bond donors (Lipinski definition) is 0. The van der Waals surface area contributed by atoms with Crippen molar-refractivity contribution in [3.05, 3.63) is 62.7 Å². The Morgan fingerprint density at radius 2 is 2.14 bits per heavy atom. The number of rotatable bonds is 6. The van der Waals surface area contributed by atoms with Crippen LogP contribution in [0, 0.1) is 15.9 Å². The van der Waals surface area contributed by atoms with Crippen molar-refractivity contribution in [2.45, 2.75) is 26.5 Å². The van der Waals surface area contributed by atoms with Crippen molar-refractivity contribution in [1.29, 1.82) is 0 Å². The molecule has 2 heterocycles. The lowest BCUT2D eigenvalue weighted by Crippen LogP contribution is -2.34. The van der Waals surface area contributed by atoms with E-state index in [0.717, 1.165) is 18.2 Å². The number of nitro benzene ring substituents is 1. The van der Waals surface area contributed by atoms with Crippen LogP contribution in [0.15, 0.2) is 39.7 Å². The molecule has 2 aromatic rings. The van der Waals surface area contributed by atoms with E-state index in [0.29, 0.717) is 20.7 Å². The highest BCUT2D eigenvalue weighted by atomic mass is 32.2. The van der Waals surface area contributed by atoms with Gasteiger partial charge in [-0.3, -0.25) is 19.8 Å². The molecule has 1 saturated heterocycles. The molecule has 0 spiro atoms. The zero-order valence-electron chi connectivity index (χ0n) is 14.9. The van der Waals surface area contributed by atoms with Gasteiger partial charge in [0.25, 0.3) is 5.91 Å². The molecule has 10 heteroatoms. The highest BCUT2D eigenvalue weighted by Gasteiger charge is 2.33. The molecule has 28 heavy (non-hydrogen) atoms. The van der Waals surface area contributed by atoms with E-state index < -0.39 is 10.7 Å². The van der Waals surface area contributed by atoms with Crippen molar-refractivity contribution < 1.29 is 23.3 Å². The number of nitro groups is 1. The van der Waals surface area contributed by atoms with Crippen molar-refractivity contribution in [2.75, 3.05) is 0 Å². The summed E-state index contributed by atoms with van der Waals surface area (Å²) in [6.45, 7) is 3.62. The summed E-state index contributed by atoms with van der Waals surface area (Å²) < 4.78 is 24.8. The average Bonchev–Trinajstić information content (AvgIpc) is 3.17. The Morgan fingerprint density at radius 1 is 1.39 bits per heavy atom. The van der Waals surface area contributed by atoms with Gasteiger partial charge in [0.1, 0.15) is 28.3 Å². The second kappa shape index (κ2) is 8.11. The number of halogens is 1. The second-order valence-corrected chi connectivity index (χ2v) is 7.78. The van der Waals surface area contributed by atoms with Gasteiger partial charge in [0, 0.05) is 24.3 Å². The van der Waals surface area contributed by atoms with E-state index in [1.54, 1.807) is 18.2 Å². The Kier molecular flexibility index (Phi) is 5.80. The Bertz CT molecular complexity index is 986. The third-order valence-electron chi connectivity index (χ3n) is 3.78. The molecule has 1 aromatic heterocycles. The number of benzene rings is 1. The summed E-state index contributed by atoms with van der Waals surface area (Å²) in [7, 11) is 0. The standard InChI is InChI=1S/C18H15FN2O5S2/c1-10(2)20-17(22)16(28-18(20)27)8-12-4-5-13(26-12)9-25-15-7-11(19)3-6-14(15)21(23)24/h3-8,10H,9H2,1-2H3. The lowest BCUT2D eigenvalue weighted by Gasteiger charge is -2.18. The van der Waals surface area contributed by atoms with Gasteiger partial charge in [0.2, 0.25) is 0 Å². The maximum atomic E-state index is 13.3. The van der Waals surface area contributed by atoms with Crippen molar-refractivity contribution >= 4 is 46.0 Å². The van der Waals surface area contributed by atoms with Crippen LogP contribution in [-0.2, 0) is 11.4 Å². The van der Waals surface area contributed by atoms with Crippen LogP contribution in [-0.4, -0.2) is 26.1 Å². The van der Waals surface area contributed by atoms with Crippen LogP contribution in [0.1, 0.15) is 25.4 Å². The summed E-state index contributed by atoms with van der Waals surface area (Å²) in [6.07, 6.45) is 1.58. The average molecular weight is 422 g/mol. The van der Waals surface area contributed by atoms with Gasteiger partial charge in [-0.05, 0) is 32.0 Å². The van der Waals surface area contributed by atoms with E-state index in [9.17, 15) is 19.3 Å². The van der Waals surface area contributed by atoms with Crippen molar-refractivity contribution in [3.8, 4) is 5.75 Å². The third-order valence-corrected chi connectivity index (χ3v) is 5.11. The van der Waals surface area contributed by atoms with Gasteiger partial charge in [0.05, 0.1) is 9.83 Å². The molecule has 0 aliphatic carbocycles. The molecule has 0 N–H and O–H groups in total. The predicted octanol–water partition coefficient (Wildman–Crippen LogP) is 4.52. The van der Waals surface area contributed by atoms with Gasteiger partial charge in [-0.1, -0.05) is 24.0 Å². The molecular formula is C18H15FN2O5S2. The molecular weight excluding hydrogens is 407 g/mol. The molecule has 0 bridgehead atoms. The molecule has 0 radical (unpaired) electrons. The van der Waals surface area contributed by atoms with Crippen LogP contribution in [0.2, 0.25) is 0 Å². The summed E-state index contributed by atoms with van der Waals surface area (Å²) in [6, 6.07) is 6.18. The first-order valence-corrected chi connectivity index (χ1v) is 9.41. The normalized spacial score (nSPS) is 15.7. The first kappa shape index (κ1) is 20.0. The Hall–Kier alpha value is -2.72. The quantitative estimate of drug-likeness (QED) is 0.293. The molecule has 1 aliphatic heterocycles. The Morgan fingerprint density at radius 3 is 2.79 bits per heavy atom. The lowest BCUT2D eigenvalue weighted by atomic mass is 10.3. The minimum Gasteiger partial charge on any atom is -0.479 e. The number of carbonyl (C=O) groups excluding carboxylic acids is 1. The maximum absolute atomic E-state index is 13.3. The van der Waals surface area contributed by atoms with Crippen molar-refractivity contribution in [1.82, 2.24) is 4.90 Å². The molecule has 0 saturated carbocycles. The molecule has 1 amide bonds. The fraction of sp³-hybridized carbons (Fsp3) is 0.222. The molecule has 3 rings (SSSR count). The number of thiocarbonyl (C=S) groups is 1. The van der Waals surface area contributed by atoms with Gasteiger partial charge >= 0.3 is 5.69 Å². The van der Waals surface area contributed by atoms with Gasteiger partial charge in [-0.25, -0.2) is 4.39 Å². The minimum atomic E-state index is -0.654. The number of amides is 1. The van der Waals surface area contributed by atoms with Crippen LogP contribution in [0.5, 0.6) is 5.75 Å². The largest absolute Gasteiger partial charge is 0.479 e. The van der Waals surface area contributed by atoms with E-state index in [4.69, 9.17) is 21.4 Å². The second-order valence-electron chi connectivity index (χ2n) is 6.11. The first-order valence-electron chi connectivity index (χ1n) is 8.19. The van der Waals surface area contributed by atoms with Crippen LogP contribution in [0.4, 0.5) is 10.1 Å². The molecule has 0 unspecified atom stereocenters. The van der Waals surface area contributed by atoms with Crippen LogP contribution in [0.25, 0.3) is 6.08 Å². The number of hydrogen-bond acceptors (Lipinski definition) is 7. The number of nitrogens with zero attached hydrogens (tertiary/aromatic N) is 2. The third kappa shape index (κ3) is 4.23. The zero-order chi connectivity index (χ0) is 20.4. The summed E-state index contributed by atoms with van der Waals surface area (Å²) in [5, 5.41) is 11.0. The fourth-order valence-corrected chi connectivity index (χ4v) is 4.01. The fourth-order valence-electron chi connectivity index (χ4n) is 2.51. The van der Waals surface area contributed by atoms with Crippen molar-refractivity contribution in [3.63, 3.8) is 0 Å². The smallest absolute Gasteiger partial charge is 0.311 e. The zero-order valence-corrected chi connectivity index (χ0v) is 16.5. The Balaban J connectivity index is 1.72. The summed E-state index contributed by atoms with van der Waals surface area (Å²) in [5.41, 5.74) is -0.342. The topological polar surface area (TPSA) is 85.8 Å². The Labute approximate surface area is 169 Å². The predicted molar refractivity (Wildman–Crippen MR) is 106 cm³/mol. The molecule has 0 atom stereocenters. The SMILES string of the molecule is CC(C)N1C(=O)C(=Cc2ccc(COc3cc(F)ccc3[N+](=O)[O-])o2)SC1=S. The van der Waals surface area contributed by atoms with E-state index in [1.807, 2.05) is 13.8 Å². The number of furan rings is 1. The van der Waals surface area contributed by atoms with Crippen LogP contribution in [0.3, 0.4) is 0 Å². The number of thioether (sulfide) groups is 1. The molecule has 7 nitrogen and oxygen atoms in total. The first-order chi connectivity index (χ1) is 13.3. The van der Waals surface area contributed by atoms with E-state index in [2.05, 4.69) is 0 Å². The highest BCUT2D eigenvalue weighted by Crippen LogP contribution is 2.34.